The van der Waals surface area contributed by atoms with Gasteiger partial charge in [0.05, 0.1) is 34.6 Å². The molecule has 2 heterocycles. The molecule has 0 amide bonds. The van der Waals surface area contributed by atoms with Crippen LogP contribution in [0.5, 0.6) is 11.5 Å². The van der Waals surface area contributed by atoms with Crippen molar-refractivity contribution in [1.29, 1.82) is 0 Å². The minimum Gasteiger partial charge on any atom is -0.496 e. The molecule has 0 saturated carbocycles. The molecule has 0 radical (unpaired) electrons. The van der Waals surface area contributed by atoms with E-state index in [0.717, 1.165) is 34.7 Å². The molecule has 4 aromatic rings. The van der Waals surface area contributed by atoms with Crippen molar-refractivity contribution in [2.75, 3.05) is 34.4 Å². The summed E-state index contributed by atoms with van der Waals surface area (Å²) in [6.07, 6.45) is 0. The van der Waals surface area contributed by atoms with E-state index < -0.39 is 9.84 Å². The molecule has 0 spiro atoms. The van der Waals surface area contributed by atoms with Crippen LogP contribution in [0.15, 0.2) is 58.8 Å². The molecule has 7 nitrogen and oxygen atoms in total. The molecule has 0 unspecified atom stereocenters. The lowest BCUT2D eigenvalue weighted by Crippen LogP contribution is -2.19. The molecule has 10 heteroatoms. The van der Waals surface area contributed by atoms with Crippen LogP contribution in [-0.4, -0.2) is 57.5 Å². The molecule has 0 aliphatic rings. The number of fused-ring (bicyclic) bond motifs is 1. The number of hydrogen-bond acceptors (Lipinski definition) is 7. The van der Waals surface area contributed by atoms with Gasteiger partial charge >= 0.3 is 0 Å². The molecule has 0 N–H and O–H groups in total. The molecular weight excluding hydrogens is 494 g/mol. The Morgan fingerprint density at radius 2 is 1.85 bits per heavy atom. The predicted octanol–water partition coefficient (Wildman–Crippen LogP) is 4.72. The Morgan fingerprint density at radius 3 is 2.50 bits per heavy atom. The summed E-state index contributed by atoms with van der Waals surface area (Å²) in [5, 5.41) is 5.39. The van der Waals surface area contributed by atoms with E-state index >= 15 is 0 Å². The topological polar surface area (TPSA) is 73.7 Å². The standard InChI is InChI=1S/C24H26ClN3O4S2/c1-27(2)13-14-32-18-9-7-17(8-10-18)15-28-20-5-4-6-21(31-3)24(20)19(26-28)16-34(29,30)23-12-11-22(25)33-23/h4-12H,13-16H2,1-3H3. The maximum Gasteiger partial charge on any atom is 0.193 e. The molecule has 0 aliphatic heterocycles. The maximum atomic E-state index is 13.0. The van der Waals surface area contributed by atoms with Crippen molar-refractivity contribution in [1.82, 2.24) is 14.7 Å². The third kappa shape index (κ3) is 5.55. The van der Waals surface area contributed by atoms with Gasteiger partial charge in [-0.3, -0.25) is 4.68 Å². The van der Waals surface area contributed by atoms with Gasteiger partial charge in [-0.2, -0.15) is 5.10 Å². The molecule has 0 atom stereocenters. The Kier molecular flexibility index (Phi) is 7.47. The number of hydrogen-bond donors (Lipinski definition) is 0. The molecule has 0 fully saturated rings. The quantitative estimate of drug-likeness (QED) is 0.302. The summed E-state index contributed by atoms with van der Waals surface area (Å²) in [7, 11) is 1.97. The second-order valence-corrected chi connectivity index (χ2v) is 12.0. The Labute approximate surface area is 208 Å². The number of methoxy groups -OCH3 is 1. The van der Waals surface area contributed by atoms with E-state index in [4.69, 9.17) is 26.2 Å². The van der Waals surface area contributed by atoms with Crippen molar-refractivity contribution >= 4 is 43.7 Å². The minimum absolute atomic E-state index is 0.222. The number of benzene rings is 2. The number of ether oxygens (including phenoxy) is 2. The molecule has 180 valence electrons. The van der Waals surface area contributed by atoms with Gasteiger partial charge < -0.3 is 14.4 Å². The molecule has 2 aromatic carbocycles. The van der Waals surface area contributed by atoms with Crippen molar-refractivity contribution in [3.63, 3.8) is 0 Å². The smallest absolute Gasteiger partial charge is 0.193 e. The minimum atomic E-state index is -3.61. The number of sulfone groups is 1. The van der Waals surface area contributed by atoms with Gasteiger partial charge in [0.2, 0.25) is 0 Å². The van der Waals surface area contributed by atoms with Crippen molar-refractivity contribution in [3.8, 4) is 11.5 Å². The van der Waals surface area contributed by atoms with Gasteiger partial charge in [0.1, 0.15) is 28.1 Å². The Morgan fingerprint density at radius 1 is 1.09 bits per heavy atom. The normalized spacial score (nSPS) is 11.9. The van der Waals surface area contributed by atoms with E-state index in [1.165, 1.54) is 6.07 Å². The summed E-state index contributed by atoms with van der Waals surface area (Å²) in [6.45, 7) is 1.93. The highest BCUT2D eigenvalue weighted by molar-refractivity contribution is 7.92. The molecule has 0 bridgehead atoms. The Bertz CT molecular complexity index is 1380. The lowest BCUT2D eigenvalue weighted by atomic mass is 10.2. The third-order valence-electron chi connectivity index (χ3n) is 5.28. The van der Waals surface area contributed by atoms with Crippen LogP contribution < -0.4 is 9.47 Å². The van der Waals surface area contributed by atoms with Crippen LogP contribution >= 0.6 is 22.9 Å². The zero-order valence-electron chi connectivity index (χ0n) is 19.2. The fourth-order valence-electron chi connectivity index (χ4n) is 3.59. The first-order valence-corrected chi connectivity index (χ1v) is 13.5. The van der Waals surface area contributed by atoms with Crippen molar-refractivity contribution in [2.45, 2.75) is 16.5 Å². The Balaban J connectivity index is 1.62. The van der Waals surface area contributed by atoms with E-state index in [0.29, 0.717) is 34.3 Å². The summed E-state index contributed by atoms with van der Waals surface area (Å²) < 4.78 is 39.8. The second kappa shape index (κ2) is 10.4. The van der Waals surface area contributed by atoms with Crippen LogP contribution in [-0.2, 0) is 22.1 Å². The highest BCUT2D eigenvalue weighted by Crippen LogP contribution is 2.33. The largest absolute Gasteiger partial charge is 0.496 e. The van der Waals surface area contributed by atoms with E-state index in [2.05, 4.69) is 4.90 Å². The lowest BCUT2D eigenvalue weighted by molar-refractivity contribution is 0.261. The molecule has 4 rings (SSSR count). The van der Waals surface area contributed by atoms with Crippen LogP contribution in [0, 0.1) is 0 Å². The average Bonchev–Trinajstić information content (AvgIpc) is 3.39. The fraction of sp³-hybridized carbons (Fsp3) is 0.292. The number of aromatic nitrogens is 2. The van der Waals surface area contributed by atoms with Crippen LogP contribution in [0.1, 0.15) is 11.3 Å². The van der Waals surface area contributed by atoms with Gasteiger partial charge in [-0.15, -0.1) is 11.3 Å². The molecule has 0 saturated heterocycles. The van der Waals surface area contributed by atoms with Crippen LogP contribution in [0.2, 0.25) is 4.34 Å². The summed E-state index contributed by atoms with van der Waals surface area (Å²) >= 11 is 7.01. The monoisotopic (exact) mass is 519 g/mol. The zero-order chi connectivity index (χ0) is 24.3. The van der Waals surface area contributed by atoms with Crippen molar-refractivity contribution < 1.29 is 17.9 Å². The van der Waals surface area contributed by atoms with Crippen molar-refractivity contribution in [2.24, 2.45) is 0 Å². The van der Waals surface area contributed by atoms with Gasteiger partial charge in [0.25, 0.3) is 0 Å². The predicted molar refractivity (Wildman–Crippen MR) is 136 cm³/mol. The first kappa shape index (κ1) is 24.5. The van der Waals surface area contributed by atoms with Crippen LogP contribution in [0.3, 0.4) is 0 Å². The number of halogens is 1. The number of nitrogens with zero attached hydrogens (tertiary/aromatic N) is 3. The maximum absolute atomic E-state index is 13.0. The van der Waals surface area contributed by atoms with Gasteiger partial charge in [0, 0.05) is 6.54 Å². The first-order chi connectivity index (χ1) is 16.3. The Hall–Kier alpha value is -2.59. The highest BCUT2D eigenvalue weighted by Gasteiger charge is 2.24. The van der Waals surface area contributed by atoms with Crippen LogP contribution in [0.4, 0.5) is 0 Å². The summed E-state index contributed by atoms with van der Waals surface area (Å²) in [6, 6.07) is 16.6. The van der Waals surface area contributed by atoms with E-state index in [1.807, 2.05) is 61.2 Å². The summed E-state index contributed by atoms with van der Waals surface area (Å²) in [5.41, 5.74) is 2.27. The van der Waals surface area contributed by atoms with Gasteiger partial charge in [-0.05, 0) is 56.1 Å². The average molecular weight is 520 g/mol. The number of thiophene rings is 1. The van der Waals surface area contributed by atoms with Crippen LogP contribution in [0.25, 0.3) is 10.9 Å². The zero-order valence-corrected chi connectivity index (χ0v) is 21.6. The lowest BCUT2D eigenvalue weighted by Gasteiger charge is -2.11. The second-order valence-electron chi connectivity index (χ2n) is 8.07. The number of likely N-dealkylation sites (N-methyl/N-ethyl adjacent to an activating group) is 1. The molecular formula is C24H26ClN3O4S2. The fourth-order valence-corrected chi connectivity index (χ4v) is 6.44. The first-order valence-electron chi connectivity index (χ1n) is 10.6. The highest BCUT2D eigenvalue weighted by atomic mass is 35.5. The SMILES string of the molecule is COc1cccc2c1c(CS(=O)(=O)c1ccc(Cl)s1)nn2Cc1ccc(OCCN(C)C)cc1. The van der Waals surface area contributed by atoms with Gasteiger partial charge in [-0.1, -0.05) is 29.8 Å². The molecule has 2 aromatic heterocycles. The van der Waals surface area contributed by atoms with Gasteiger partial charge in [0.15, 0.2) is 9.84 Å². The van der Waals surface area contributed by atoms with Crippen molar-refractivity contribution in [3.05, 3.63) is 70.2 Å². The van der Waals surface area contributed by atoms with E-state index in [-0.39, 0.29) is 9.96 Å². The third-order valence-corrected chi connectivity index (χ3v) is 8.72. The summed E-state index contributed by atoms with van der Waals surface area (Å²) in [5.74, 6) is 1.15. The summed E-state index contributed by atoms with van der Waals surface area (Å²) in [4.78, 5) is 2.07. The molecule has 0 aliphatic carbocycles. The molecule has 34 heavy (non-hydrogen) atoms. The van der Waals surface area contributed by atoms with E-state index in [1.54, 1.807) is 13.2 Å². The van der Waals surface area contributed by atoms with Gasteiger partial charge in [-0.25, -0.2) is 8.42 Å². The van der Waals surface area contributed by atoms with E-state index in [9.17, 15) is 8.42 Å². The number of rotatable bonds is 10.